The van der Waals surface area contributed by atoms with Crippen LogP contribution in [0.2, 0.25) is 0 Å². The molecular weight excluding hydrogens is 478 g/mol. The van der Waals surface area contributed by atoms with Crippen LogP contribution < -0.4 is 20.5 Å². The highest BCUT2D eigenvalue weighted by atomic mass is 32.2. The average Bonchev–Trinajstić information content (AvgIpc) is 3.44. The molecule has 0 spiro atoms. The van der Waals surface area contributed by atoms with Crippen LogP contribution in [-0.2, 0) is 32.6 Å². The van der Waals surface area contributed by atoms with Gasteiger partial charge >= 0.3 is 0 Å². The lowest BCUT2D eigenvalue weighted by atomic mass is 10.1. The molecule has 2 aliphatic heterocycles. The second-order valence-corrected chi connectivity index (χ2v) is 10.9. The van der Waals surface area contributed by atoms with Crippen LogP contribution in [0.25, 0.3) is 0 Å². The average molecular weight is 506 g/mol. The third-order valence-electron chi connectivity index (χ3n) is 5.79. The van der Waals surface area contributed by atoms with E-state index in [0.29, 0.717) is 49.5 Å². The molecule has 1 fully saturated rings. The number of thiophene rings is 1. The van der Waals surface area contributed by atoms with Crippen molar-refractivity contribution in [1.82, 2.24) is 14.9 Å². The maximum absolute atomic E-state index is 13.1. The molecule has 12 heteroatoms. The maximum Gasteiger partial charge on any atom is 0.241 e. The van der Waals surface area contributed by atoms with E-state index in [0.717, 1.165) is 11.1 Å². The molecule has 0 bridgehead atoms. The summed E-state index contributed by atoms with van der Waals surface area (Å²) in [5, 5.41) is 12.0. The molecule has 0 unspecified atom stereocenters. The van der Waals surface area contributed by atoms with E-state index in [-0.39, 0.29) is 29.7 Å². The van der Waals surface area contributed by atoms with Gasteiger partial charge in [-0.05, 0) is 60.0 Å². The molecule has 4 rings (SSSR count). The second-order valence-electron chi connectivity index (χ2n) is 8.31. The Morgan fingerprint density at radius 1 is 1.29 bits per heavy atom. The minimum Gasteiger partial charge on any atom is -0.493 e. The minimum absolute atomic E-state index is 0.0283. The molecule has 10 nitrogen and oxygen atoms in total. The summed E-state index contributed by atoms with van der Waals surface area (Å²) in [6, 6.07) is 5.50. The van der Waals surface area contributed by atoms with Crippen molar-refractivity contribution in [3.05, 3.63) is 45.6 Å². The van der Waals surface area contributed by atoms with Crippen LogP contribution in [0.1, 0.15) is 35.3 Å². The van der Waals surface area contributed by atoms with E-state index in [1.54, 1.807) is 18.2 Å². The van der Waals surface area contributed by atoms with E-state index >= 15 is 0 Å². The van der Waals surface area contributed by atoms with Crippen LogP contribution in [0, 0.1) is 5.41 Å². The van der Waals surface area contributed by atoms with Gasteiger partial charge in [-0.1, -0.05) is 0 Å². The first-order chi connectivity index (χ1) is 16.2. The van der Waals surface area contributed by atoms with E-state index in [2.05, 4.69) is 10.0 Å². The van der Waals surface area contributed by atoms with Gasteiger partial charge in [-0.2, -0.15) is 4.72 Å². The molecule has 0 aliphatic carbocycles. The Balaban J connectivity index is 1.37. The monoisotopic (exact) mass is 505 g/mol. The number of amides is 2. The number of benzene rings is 1. The predicted molar refractivity (Wildman–Crippen MR) is 127 cm³/mol. The number of ether oxygens (including phenoxy) is 1. The van der Waals surface area contributed by atoms with Crippen molar-refractivity contribution in [1.29, 1.82) is 5.41 Å². The van der Waals surface area contributed by atoms with Crippen molar-refractivity contribution in [2.45, 2.75) is 43.2 Å². The fourth-order valence-electron chi connectivity index (χ4n) is 4.00. The van der Waals surface area contributed by atoms with E-state index in [1.165, 1.54) is 22.3 Å². The number of hydrogen-bond donors (Lipinski definition) is 4. The molecule has 1 aromatic carbocycles. The fourth-order valence-corrected chi connectivity index (χ4v) is 6.05. The number of nitrogens with two attached hydrogens (primary N) is 1. The minimum atomic E-state index is -3.91. The molecule has 1 aromatic heterocycles. The van der Waals surface area contributed by atoms with Gasteiger partial charge in [0, 0.05) is 19.5 Å². The zero-order valence-electron chi connectivity index (χ0n) is 18.5. The fraction of sp³-hybridized carbons (Fsp3) is 0.409. The van der Waals surface area contributed by atoms with Crippen LogP contribution in [0.4, 0.5) is 0 Å². The quantitative estimate of drug-likeness (QED) is 0.309. The van der Waals surface area contributed by atoms with E-state index < -0.39 is 22.0 Å². The number of amidine groups is 1. The number of carbonyl (C=O) groups excluding carboxylic acids is 2. The summed E-state index contributed by atoms with van der Waals surface area (Å²) < 4.78 is 33.9. The third kappa shape index (κ3) is 5.57. The number of nitrogens with zero attached hydrogens (tertiary/aromatic N) is 1. The van der Waals surface area contributed by atoms with Gasteiger partial charge in [0.2, 0.25) is 21.8 Å². The Bertz CT molecular complexity index is 1210. The molecule has 3 heterocycles. The van der Waals surface area contributed by atoms with Gasteiger partial charge in [0.25, 0.3) is 0 Å². The molecule has 2 aliphatic rings. The molecule has 34 heavy (non-hydrogen) atoms. The van der Waals surface area contributed by atoms with Crippen molar-refractivity contribution in [3.63, 3.8) is 0 Å². The first-order valence-electron chi connectivity index (χ1n) is 11.0. The normalized spacial score (nSPS) is 18.2. The van der Waals surface area contributed by atoms with Crippen molar-refractivity contribution in [2.24, 2.45) is 5.73 Å². The van der Waals surface area contributed by atoms with Crippen molar-refractivity contribution >= 4 is 39.0 Å². The maximum atomic E-state index is 13.1. The molecule has 2 aromatic rings. The molecule has 182 valence electrons. The Kier molecular flexibility index (Phi) is 7.19. The van der Waals surface area contributed by atoms with Crippen molar-refractivity contribution < 1.29 is 22.7 Å². The summed E-state index contributed by atoms with van der Waals surface area (Å²) in [6.07, 6.45) is 2.36. The van der Waals surface area contributed by atoms with Crippen LogP contribution in [-0.4, -0.2) is 56.7 Å². The van der Waals surface area contributed by atoms with Crippen molar-refractivity contribution in [3.8, 4) is 5.75 Å². The molecule has 1 atom stereocenters. The van der Waals surface area contributed by atoms with Crippen molar-refractivity contribution in [2.75, 3.05) is 19.7 Å². The van der Waals surface area contributed by atoms with Gasteiger partial charge in [-0.3, -0.25) is 15.0 Å². The number of likely N-dealkylation sites (tertiary alicyclic amines) is 1. The van der Waals surface area contributed by atoms with Gasteiger partial charge < -0.3 is 20.7 Å². The molecular formula is C22H27N5O5S2. The first kappa shape index (κ1) is 24.2. The van der Waals surface area contributed by atoms with Gasteiger partial charge in [-0.25, -0.2) is 8.42 Å². The van der Waals surface area contributed by atoms with Gasteiger partial charge in [0.05, 0.1) is 22.9 Å². The van der Waals surface area contributed by atoms with E-state index in [4.69, 9.17) is 15.9 Å². The van der Waals surface area contributed by atoms with Gasteiger partial charge in [0.1, 0.15) is 17.6 Å². The molecule has 2 amide bonds. The molecule has 0 saturated carbocycles. The lowest BCUT2D eigenvalue weighted by Crippen LogP contribution is -2.49. The number of sulfonamides is 1. The van der Waals surface area contributed by atoms with Gasteiger partial charge in [0.15, 0.2) is 0 Å². The smallest absolute Gasteiger partial charge is 0.241 e. The van der Waals surface area contributed by atoms with E-state index in [1.807, 2.05) is 5.38 Å². The van der Waals surface area contributed by atoms with Crippen LogP contribution >= 0.6 is 11.3 Å². The largest absolute Gasteiger partial charge is 0.493 e. The Hall–Kier alpha value is -2.96. The Morgan fingerprint density at radius 2 is 2.12 bits per heavy atom. The molecule has 1 saturated heterocycles. The summed E-state index contributed by atoms with van der Waals surface area (Å²) in [6.45, 7) is 1.00. The molecule has 0 radical (unpaired) electrons. The number of hydrogen-bond acceptors (Lipinski definition) is 7. The summed E-state index contributed by atoms with van der Waals surface area (Å²) in [4.78, 5) is 27.7. The zero-order valence-corrected chi connectivity index (χ0v) is 20.1. The third-order valence-corrected chi connectivity index (χ3v) is 8.27. The number of nitrogens with one attached hydrogen (secondary N) is 3. The lowest BCUT2D eigenvalue weighted by molar-refractivity contribution is -0.136. The molecule has 5 N–H and O–H groups in total. The second kappa shape index (κ2) is 10.1. The zero-order chi connectivity index (χ0) is 24.3. The number of carbonyl (C=O) groups is 2. The highest BCUT2D eigenvalue weighted by Gasteiger charge is 2.32. The van der Waals surface area contributed by atoms with Gasteiger partial charge in [-0.15, -0.1) is 11.3 Å². The SMILES string of the molecule is N=C(N)c1cc(CNC(=O)CN2CCCC[C@H](NS(=O)(=O)c3ccc4c(c3)CCO4)C2=O)cs1. The van der Waals surface area contributed by atoms with Crippen LogP contribution in [0.5, 0.6) is 5.75 Å². The van der Waals surface area contributed by atoms with E-state index in [9.17, 15) is 18.0 Å². The number of nitrogen functional groups attached to an aromatic ring is 1. The predicted octanol–water partition coefficient (Wildman–Crippen LogP) is 0.943. The highest BCUT2D eigenvalue weighted by molar-refractivity contribution is 7.89. The first-order valence-corrected chi connectivity index (χ1v) is 13.3. The summed E-state index contributed by atoms with van der Waals surface area (Å²) in [5.74, 6) is -0.0951. The summed E-state index contributed by atoms with van der Waals surface area (Å²) in [5.41, 5.74) is 7.11. The summed E-state index contributed by atoms with van der Waals surface area (Å²) in [7, 11) is -3.91. The number of rotatable bonds is 8. The summed E-state index contributed by atoms with van der Waals surface area (Å²) >= 11 is 1.32. The highest BCUT2D eigenvalue weighted by Crippen LogP contribution is 2.28. The lowest BCUT2D eigenvalue weighted by Gasteiger charge is -2.24. The van der Waals surface area contributed by atoms with Crippen LogP contribution in [0.15, 0.2) is 34.5 Å². The van der Waals surface area contributed by atoms with Crippen LogP contribution in [0.3, 0.4) is 0 Å². The topological polar surface area (TPSA) is 155 Å². The Labute approximate surface area is 202 Å². The standard InChI is InChI=1S/C22H27N5O5S2/c23-21(24)19-9-14(13-33-19)11-25-20(28)12-27-7-2-1-3-17(22(27)29)26-34(30,31)16-4-5-18-15(10-16)6-8-32-18/h4-5,9-10,13,17,26H,1-3,6-8,11-12H2,(H3,23,24)(H,25,28)/t17-/m0/s1. The number of fused-ring (bicyclic) bond motifs is 1. The Morgan fingerprint density at radius 3 is 2.88 bits per heavy atom.